The van der Waals surface area contributed by atoms with E-state index in [1.165, 1.54) is 12.1 Å². The summed E-state index contributed by atoms with van der Waals surface area (Å²) < 4.78 is 52.4. The molecule has 33 heavy (non-hydrogen) atoms. The maximum Gasteiger partial charge on any atom is 0.389 e. The molecule has 2 aromatic rings. The minimum absolute atomic E-state index is 0.146. The fourth-order valence-corrected chi connectivity index (χ4v) is 3.38. The van der Waals surface area contributed by atoms with Crippen molar-refractivity contribution in [3.63, 3.8) is 0 Å². The second-order valence-electron chi connectivity index (χ2n) is 7.43. The summed E-state index contributed by atoms with van der Waals surface area (Å²) in [5.41, 5.74) is 5.90. The van der Waals surface area contributed by atoms with Gasteiger partial charge in [-0.25, -0.2) is 9.38 Å². The number of benzodiazepines with no additional fused rings is 1. The molecule has 1 aliphatic rings. The first-order valence-electron chi connectivity index (χ1n) is 9.93. The molecule has 174 valence electrons. The Kier molecular flexibility index (Phi) is 7.10. The normalized spacial score (nSPS) is 16.7. The highest BCUT2D eigenvalue weighted by molar-refractivity contribution is 6.19. The molecule has 0 fully saturated rings. The molecule has 1 aliphatic heterocycles. The predicted molar refractivity (Wildman–Crippen MR) is 112 cm³/mol. The Bertz CT molecular complexity index is 1090. The molecule has 0 saturated heterocycles. The van der Waals surface area contributed by atoms with Crippen molar-refractivity contribution in [2.45, 2.75) is 31.6 Å². The van der Waals surface area contributed by atoms with Crippen molar-refractivity contribution in [2.24, 2.45) is 16.6 Å². The van der Waals surface area contributed by atoms with Gasteiger partial charge in [0.15, 0.2) is 0 Å². The summed E-state index contributed by atoms with van der Waals surface area (Å²) in [6.45, 7) is 0. The molecule has 2 aromatic carbocycles. The number of carbonyl (C=O) groups excluding carboxylic acids is 3. The Morgan fingerprint density at radius 3 is 2.45 bits per heavy atom. The predicted octanol–water partition coefficient (Wildman–Crippen LogP) is 2.89. The van der Waals surface area contributed by atoms with Crippen LogP contribution in [0.3, 0.4) is 0 Å². The van der Waals surface area contributed by atoms with Crippen molar-refractivity contribution in [3.05, 3.63) is 65.5 Å². The summed E-state index contributed by atoms with van der Waals surface area (Å²) in [5, 5.41) is 4.64. The van der Waals surface area contributed by atoms with Gasteiger partial charge in [0.2, 0.25) is 18.0 Å². The van der Waals surface area contributed by atoms with Gasteiger partial charge in [-0.2, -0.15) is 13.2 Å². The molecule has 0 spiro atoms. The molecule has 0 bridgehead atoms. The Hall–Kier alpha value is -3.76. The highest BCUT2D eigenvalue weighted by Crippen LogP contribution is 2.28. The fraction of sp³-hybridized carbons (Fsp3) is 0.273. The Morgan fingerprint density at radius 1 is 1.12 bits per heavy atom. The lowest BCUT2D eigenvalue weighted by atomic mass is 9.97. The highest BCUT2D eigenvalue weighted by atomic mass is 19.4. The average molecular weight is 464 g/mol. The maximum absolute atomic E-state index is 14.5. The number of anilines is 1. The summed E-state index contributed by atoms with van der Waals surface area (Å²) in [4.78, 5) is 41.0. The van der Waals surface area contributed by atoms with Gasteiger partial charge >= 0.3 is 6.18 Å². The molecule has 4 N–H and O–H groups in total. The monoisotopic (exact) mass is 464 g/mol. The molecular weight excluding hydrogens is 444 g/mol. The molecule has 0 radical (unpaired) electrons. The maximum atomic E-state index is 14.5. The zero-order valence-electron chi connectivity index (χ0n) is 17.2. The van der Waals surface area contributed by atoms with Crippen LogP contribution >= 0.6 is 0 Å². The lowest BCUT2D eigenvalue weighted by molar-refractivity contribution is -0.143. The smallest absolute Gasteiger partial charge is 0.370 e. The number of para-hydroxylation sites is 1. The van der Waals surface area contributed by atoms with E-state index >= 15 is 0 Å². The summed E-state index contributed by atoms with van der Waals surface area (Å²) in [7, 11) is 0. The molecule has 2 unspecified atom stereocenters. The molecule has 11 heteroatoms. The van der Waals surface area contributed by atoms with E-state index in [-0.39, 0.29) is 17.0 Å². The number of rotatable bonds is 7. The third-order valence-electron chi connectivity index (χ3n) is 4.94. The van der Waals surface area contributed by atoms with Gasteiger partial charge in [0.05, 0.1) is 11.4 Å². The molecule has 2 atom stereocenters. The van der Waals surface area contributed by atoms with Crippen molar-refractivity contribution in [2.75, 3.05) is 5.32 Å². The molecule has 3 rings (SSSR count). The highest BCUT2D eigenvalue weighted by Gasteiger charge is 2.34. The number of nitrogens with two attached hydrogens (primary N) is 1. The summed E-state index contributed by atoms with van der Waals surface area (Å²) in [6, 6.07) is 12.6. The van der Waals surface area contributed by atoms with Gasteiger partial charge in [0, 0.05) is 29.9 Å². The molecule has 3 amide bonds. The minimum Gasteiger partial charge on any atom is -0.370 e. The van der Waals surface area contributed by atoms with Gasteiger partial charge in [0.1, 0.15) is 5.82 Å². The van der Waals surface area contributed by atoms with Crippen LogP contribution in [0.2, 0.25) is 0 Å². The third kappa shape index (κ3) is 6.15. The Morgan fingerprint density at radius 2 is 1.82 bits per heavy atom. The van der Waals surface area contributed by atoms with Crippen molar-refractivity contribution in [1.82, 2.24) is 5.32 Å². The minimum atomic E-state index is -4.55. The number of hydrogen-bond acceptors (Lipinski definition) is 4. The fourth-order valence-electron chi connectivity index (χ4n) is 3.38. The van der Waals surface area contributed by atoms with Gasteiger partial charge in [-0.1, -0.05) is 42.5 Å². The van der Waals surface area contributed by atoms with Crippen molar-refractivity contribution in [3.8, 4) is 0 Å². The van der Waals surface area contributed by atoms with E-state index in [2.05, 4.69) is 15.6 Å². The van der Waals surface area contributed by atoms with Crippen molar-refractivity contribution in [1.29, 1.82) is 0 Å². The molecule has 1 heterocycles. The molecular formula is C22H20F4N4O3. The summed E-state index contributed by atoms with van der Waals surface area (Å²) in [6.07, 6.45) is -8.78. The Balaban J connectivity index is 1.95. The number of carbonyl (C=O) groups is 3. The first kappa shape index (κ1) is 23.9. The first-order valence-corrected chi connectivity index (χ1v) is 9.93. The quantitative estimate of drug-likeness (QED) is 0.548. The van der Waals surface area contributed by atoms with E-state index in [0.717, 1.165) is 6.07 Å². The number of nitrogens with one attached hydrogen (secondary N) is 2. The number of hydrogen-bond donors (Lipinski definition) is 3. The van der Waals surface area contributed by atoms with E-state index in [9.17, 15) is 31.9 Å². The second-order valence-corrected chi connectivity index (χ2v) is 7.43. The van der Waals surface area contributed by atoms with E-state index in [1.54, 1.807) is 30.3 Å². The topological polar surface area (TPSA) is 114 Å². The lowest BCUT2D eigenvalue weighted by Gasteiger charge is -2.19. The lowest BCUT2D eigenvalue weighted by Crippen LogP contribution is -2.45. The number of halogens is 4. The van der Waals surface area contributed by atoms with Crippen LogP contribution in [-0.4, -0.2) is 35.8 Å². The van der Waals surface area contributed by atoms with Crippen LogP contribution in [0.15, 0.2) is 53.5 Å². The van der Waals surface area contributed by atoms with Crippen LogP contribution < -0.4 is 16.4 Å². The van der Waals surface area contributed by atoms with Crippen LogP contribution in [0.5, 0.6) is 0 Å². The van der Waals surface area contributed by atoms with Gasteiger partial charge in [-0.3, -0.25) is 14.4 Å². The summed E-state index contributed by atoms with van der Waals surface area (Å²) >= 11 is 0. The first-order chi connectivity index (χ1) is 15.5. The zero-order chi connectivity index (χ0) is 24.2. The molecule has 0 aliphatic carbocycles. The molecule has 0 saturated carbocycles. The Labute approximate surface area is 186 Å². The SMILES string of the molecule is NC(=O)CC(CCC(F)(F)F)C(=O)NC1N=C(c2ccccc2)c2cccc(F)c2NC1=O. The van der Waals surface area contributed by atoms with E-state index in [1.807, 2.05) is 0 Å². The zero-order valence-corrected chi connectivity index (χ0v) is 17.2. The van der Waals surface area contributed by atoms with Gasteiger partial charge in [-0.05, 0) is 12.5 Å². The number of benzene rings is 2. The van der Waals surface area contributed by atoms with Crippen LogP contribution in [0.4, 0.5) is 23.2 Å². The van der Waals surface area contributed by atoms with E-state index in [0.29, 0.717) is 5.56 Å². The van der Waals surface area contributed by atoms with Gasteiger partial charge in [0.25, 0.3) is 5.91 Å². The van der Waals surface area contributed by atoms with Crippen molar-refractivity contribution >= 4 is 29.1 Å². The number of aliphatic imine (C=N–C) groups is 1. The van der Waals surface area contributed by atoms with Gasteiger partial charge < -0.3 is 16.4 Å². The molecule has 7 nitrogen and oxygen atoms in total. The van der Waals surface area contributed by atoms with Crippen molar-refractivity contribution < 1.29 is 31.9 Å². The van der Waals surface area contributed by atoms with Gasteiger partial charge in [-0.15, -0.1) is 0 Å². The summed E-state index contributed by atoms with van der Waals surface area (Å²) in [5.74, 6) is -5.01. The largest absolute Gasteiger partial charge is 0.389 e. The third-order valence-corrected chi connectivity index (χ3v) is 4.94. The van der Waals surface area contributed by atoms with Crippen LogP contribution in [0.25, 0.3) is 0 Å². The molecule has 0 aromatic heterocycles. The number of nitrogens with zero attached hydrogens (tertiary/aromatic N) is 1. The van der Waals surface area contributed by atoms with Crippen LogP contribution in [0, 0.1) is 11.7 Å². The van der Waals surface area contributed by atoms with E-state index in [4.69, 9.17) is 5.73 Å². The number of fused-ring (bicyclic) bond motifs is 1. The number of primary amides is 1. The average Bonchev–Trinajstić information content (AvgIpc) is 2.88. The van der Waals surface area contributed by atoms with E-state index < -0.39 is 61.1 Å². The second kappa shape index (κ2) is 9.80. The number of amides is 3. The van der Waals surface area contributed by atoms with Crippen LogP contribution in [-0.2, 0) is 14.4 Å². The number of alkyl halides is 3. The van der Waals surface area contributed by atoms with Crippen LogP contribution in [0.1, 0.15) is 30.4 Å². The standard InChI is InChI=1S/C22H20F4N4O3/c23-15-8-4-7-14-17(12-5-2-1-3-6-12)28-19(21(33)29-18(14)15)30-20(32)13(11-16(27)31)9-10-22(24,25)26/h1-8,13,19H,9-11H2,(H2,27,31)(H,29,33)(H,30,32).